The van der Waals surface area contributed by atoms with E-state index in [1.54, 1.807) is 0 Å². The zero-order chi connectivity index (χ0) is 11.8. The Kier molecular flexibility index (Phi) is 2.76. The molecule has 0 unspecified atom stereocenters. The van der Waals surface area contributed by atoms with Gasteiger partial charge >= 0.3 is 5.97 Å². The third-order valence-corrected chi connectivity index (χ3v) is 4.20. The van der Waals surface area contributed by atoms with Crippen LogP contribution in [0.4, 0.5) is 5.13 Å². The van der Waals surface area contributed by atoms with Gasteiger partial charge in [-0.1, -0.05) is 11.3 Å². The van der Waals surface area contributed by atoms with Crippen molar-refractivity contribution in [3.8, 4) is 0 Å². The quantitative estimate of drug-likeness (QED) is 0.886. The summed E-state index contributed by atoms with van der Waals surface area (Å²) in [5.74, 6) is -0.462. The second kappa shape index (κ2) is 4.27. The molecule has 6 heteroatoms. The number of carbonyl (C=O) groups is 1. The number of thiazole rings is 1. The van der Waals surface area contributed by atoms with Gasteiger partial charge in [-0.15, -0.1) is 0 Å². The van der Waals surface area contributed by atoms with E-state index in [1.165, 1.54) is 11.3 Å². The monoisotopic (exact) mass is 254 g/mol. The van der Waals surface area contributed by atoms with Gasteiger partial charge in [0.25, 0.3) is 0 Å². The van der Waals surface area contributed by atoms with Crippen molar-refractivity contribution in [2.45, 2.75) is 18.8 Å². The van der Waals surface area contributed by atoms with Crippen LogP contribution < -0.4 is 4.90 Å². The highest BCUT2D eigenvalue weighted by molar-refractivity contribution is 7.17. The van der Waals surface area contributed by atoms with E-state index in [0.717, 1.165) is 36.8 Å². The van der Waals surface area contributed by atoms with Crippen LogP contribution in [-0.2, 0) is 4.74 Å². The molecule has 2 heterocycles. The fourth-order valence-corrected chi connectivity index (χ4v) is 3.04. The maximum absolute atomic E-state index is 11.2. The summed E-state index contributed by atoms with van der Waals surface area (Å²) in [5, 5.41) is 10.0. The predicted octanol–water partition coefficient (Wildman–Crippen LogP) is 1.56. The highest BCUT2D eigenvalue weighted by Gasteiger charge is 2.33. The summed E-state index contributed by atoms with van der Waals surface area (Å²) in [7, 11) is 0. The van der Waals surface area contributed by atoms with E-state index in [0.29, 0.717) is 24.0 Å². The van der Waals surface area contributed by atoms with Gasteiger partial charge in [0.15, 0.2) is 5.13 Å². The molecule has 0 aromatic carbocycles. The van der Waals surface area contributed by atoms with Gasteiger partial charge in [0, 0.05) is 19.0 Å². The molecule has 1 aliphatic carbocycles. The smallest absolute Gasteiger partial charge is 0.347 e. The van der Waals surface area contributed by atoms with Crippen LogP contribution in [0.15, 0.2) is 0 Å². The topological polar surface area (TPSA) is 62.7 Å². The number of hydrogen-bond acceptors (Lipinski definition) is 5. The summed E-state index contributed by atoms with van der Waals surface area (Å²) >= 11 is 1.30. The molecular formula is C11H14N2O3S. The molecule has 0 amide bonds. The molecule has 0 atom stereocenters. The summed E-state index contributed by atoms with van der Waals surface area (Å²) in [6, 6.07) is 0. The van der Waals surface area contributed by atoms with Crippen molar-refractivity contribution >= 4 is 22.4 Å². The molecule has 0 spiro atoms. The van der Waals surface area contributed by atoms with Crippen molar-refractivity contribution in [3.05, 3.63) is 10.6 Å². The van der Waals surface area contributed by atoms with Gasteiger partial charge in [0.05, 0.1) is 18.9 Å². The average molecular weight is 254 g/mol. The predicted molar refractivity (Wildman–Crippen MR) is 64.1 cm³/mol. The molecule has 2 fully saturated rings. The lowest BCUT2D eigenvalue weighted by Gasteiger charge is -2.26. The molecule has 1 N–H and O–H groups in total. The molecule has 1 saturated heterocycles. The van der Waals surface area contributed by atoms with Crippen LogP contribution in [0, 0.1) is 0 Å². The summed E-state index contributed by atoms with van der Waals surface area (Å²) in [4.78, 5) is 18.2. The number of hydrogen-bond donors (Lipinski definition) is 1. The molecule has 0 radical (unpaired) electrons. The lowest BCUT2D eigenvalue weighted by atomic mass is 10.2. The average Bonchev–Trinajstić information content (AvgIpc) is 3.09. The minimum absolute atomic E-state index is 0.382. The second-order valence-electron chi connectivity index (χ2n) is 4.39. The highest BCUT2D eigenvalue weighted by atomic mass is 32.1. The fraction of sp³-hybridized carbons (Fsp3) is 0.636. The molecular weight excluding hydrogens is 240 g/mol. The van der Waals surface area contributed by atoms with E-state index in [4.69, 9.17) is 4.74 Å². The van der Waals surface area contributed by atoms with Crippen molar-refractivity contribution in [1.29, 1.82) is 0 Å². The van der Waals surface area contributed by atoms with Crippen LogP contribution in [-0.4, -0.2) is 42.4 Å². The molecule has 92 valence electrons. The SMILES string of the molecule is O=C(O)c1sc(N2CCOCC2)nc1C1CC1. The summed E-state index contributed by atoms with van der Waals surface area (Å²) < 4.78 is 5.28. The van der Waals surface area contributed by atoms with E-state index < -0.39 is 5.97 Å². The number of carboxylic acids is 1. The molecule has 2 aliphatic rings. The van der Waals surface area contributed by atoms with Gasteiger partial charge in [0.2, 0.25) is 0 Å². The van der Waals surface area contributed by atoms with Gasteiger partial charge < -0.3 is 14.7 Å². The maximum atomic E-state index is 11.2. The molecule has 3 rings (SSSR count). The van der Waals surface area contributed by atoms with Crippen molar-refractivity contribution < 1.29 is 14.6 Å². The number of rotatable bonds is 3. The van der Waals surface area contributed by atoms with Crippen molar-refractivity contribution in [1.82, 2.24) is 4.98 Å². The Balaban J connectivity index is 1.89. The Bertz CT molecular complexity index is 436. The molecule has 1 aliphatic heterocycles. The first-order valence-electron chi connectivity index (χ1n) is 5.82. The number of aromatic carboxylic acids is 1. The molecule has 5 nitrogen and oxygen atoms in total. The Hall–Kier alpha value is -1.14. The maximum Gasteiger partial charge on any atom is 0.347 e. The first-order chi connectivity index (χ1) is 8.25. The van der Waals surface area contributed by atoms with Gasteiger partial charge in [0.1, 0.15) is 4.88 Å². The number of anilines is 1. The molecule has 1 saturated carbocycles. The van der Waals surface area contributed by atoms with E-state index >= 15 is 0 Å². The first kappa shape index (κ1) is 11.0. The molecule has 17 heavy (non-hydrogen) atoms. The van der Waals surface area contributed by atoms with Gasteiger partial charge in [-0.2, -0.15) is 0 Å². The van der Waals surface area contributed by atoms with E-state index in [9.17, 15) is 9.90 Å². The largest absolute Gasteiger partial charge is 0.477 e. The summed E-state index contributed by atoms with van der Waals surface area (Å²) in [6.45, 7) is 2.99. The Labute approximate surface area is 103 Å². The zero-order valence-electron chi connectivity index (χ0n) is 9.39. The lowest BCUT2D eigenvalue weighted by Crippen LogP contribution is -2.36. The van der Waals surface area contributed by atoms with Crippen LogP contribution in [0.3, 0.4) is 0 Å². The number of morpholine rings is 1. The summed E-state index contributed by atoms with van der Waals surface area (Å²) in [6.07, 6.45) is 2.15. The highest BCUT2D eigenvalue weighted by Crippen LogP contribution is 2.44. The first-order valence-corrected chi connectivity index (χ1v) is 6.64. The van der Waals surface area contributed by atoms with E-state index in [-0.39, 0.29) is 0 Å². The third kappa shape index (κ3) is 2.14. The Morgan fingerprint density at radius 3 is 2.71 bits per heavy atom. The standard InChI is InChI=1S/C11H14N2O3S/c14-10(15)9-8(7-1-2-7)12-11(17-9)13-3-5-16-6-4-13/h7H,1-6H2,(H,14,15). The van der Waals surface area contributed by atoms with Crippen LogP contribution in [0.2, 0.25) is 0 Å². The van der Waals surface area contributed by atoms with Gasteiger partial charge in [-0.25, -0.2) is 9.78 Å². The third-order valence-electron chi connectivity index (χ3n) is 3.08. The number of ether oxygens (including phenoxy) is 1. The number of nitrogens with zero attached hydrogens (tertiary/aromatic N) is 2. The number of carboxylic acid groups (broad SMARTS) is 1. The fourth-order valence-electron chi connectivity index (χ4n) is 2.00. The van der Waals surface area contributed by atoms with Crippen molar-refractivity contribution in [2.24, 2.45) is 0 Å². The van der Waals surface area contributed by atoms with Crippen LogP contribution in [0.25, 0.3) is 0 Å². The normalized spacial score (nSPS) is 20.6. The van der Waals surface area contributed by atoms with Gasteiger partial charge in [-0.05, 0) is 12.8 Å². The lowest BCUT2D eigenvalue weighted by molar-refractivity contribution is 0.0700. The van der Waals surface area contributed by atoms with Crippen molar-refractivity contribution in [2.75, 3.05) is 31.2 Å². The zero-order valence-corrected chi connectivity index (χ0v) is 10.2. The minimum Gasteiger partial charge on any atom is -0.477 e. The van der Waals surface area contributed by atoms with E-state index in [2.05, 4.69) is 9.88 Å². The van der Waals surface area contributed by atoms with Crippen LogP contribution in [0.5, 0.6) is 0 Å². The minimum atomic E-state index is -0.844. The van der Waals surface area contributed by atoms with Gasteiger partial charge in [-0.3, -0.25) is 0 Å². The molecule has 1 aromatic heterocycles. The molecule has 0 bridgehead atoms. The Morgan fingerprint density at radius 1 is 1.41 bits per heavy atom. The van der Waals surface area contributed by atoms with Crippen LogP contribution in [0.1, 0.15) is 34.1 Å². The van der Waals surface area contributed by atoms with Crippen LogP contribution >= 0.6 is 11.3 Å². The van der Waals surface area contributed by atoms with E-state index in [1.807, 2.05) is 0 Å². The second-order valence-corrected chi connectivity index (χ2v) is 5.37. The number of aromatic nitrogens is 1. The Morgan fingerprint density at radius 2 is 2.12 bits per heavy atom. The summed E-state index contributed by atoms with van der Waals surface area (Å²) in [5.41, 5.74) is 0.795. The molecule has 1 aromatic rings. The van der Waals surface area contributed by atoms with Crippen molar-refractivity contribution in [3.63, 3.8) is 0 Å².